The number of likely N-dealkylation sites (tertiary alicyclic amines) is 1. The molecule has 1 unspecified atom stereocenters. The first-order valence-corrected chi connectivity index (χ1v) is 8.96. The molecule has 138 valence electrons. The van der Waals surface area contributed by atoms with Gasteiger partial charge in [-0.15, -0.1) is 5.10 Å². The molecule has 0 bridgehead atoms. The predicted molar refractivity (Wildman–Crippen MR) is 96.4 cm³/mol. The van der Waals surface area contributed by atoms with Crippen molar-refractivity contribution in [1.29, 1.82) is 0 Å². The summed E-state index contributed by atoms with van der Waals surface area (Å²) in [5.74, 6) is -0.475. The standard InChI is InChI=1S/C17H18Cl2N4O3/c1-26-17(25)14-10-23(21-20-14)12-7-8-22(9-12)15(24)6-5-11-3-2-4-13(18)16(11)19/h2-4,10,12H,5-9H2,1H3. The minimum absolute atomic E-state index is 0.000358. The minimum Gasteiger partial charge on any atom is -0.464 e. The number of hydrogen-bond donors (Lipinski definition) is 0. The van der Waals surface area contributed by atoms with Crippen molar-refractivity contribution in [2.45, 2.75) is 25.3 Å². The van der Waals surface area contributed by atoms with Crippen LogP contribution in [-0.4, -0.2) is 52.0 Å². The quantitative estimate of drug-likeness (QED) is 0.726. The van der Waals surface area contributed by atoms with Crippen molar-refractivity contribution < 1.29 is 14.3 Å². The third-order valence-corrected chi connectivity index (χ3v) is 5.29. The Balaban J connectivity index is 1.56. The van der Waals surface area contributed by atoms with E-state index >= 15 is 0 Å². The summed E-state index contributed by atoms with van der Waals surface area (Å²) in [4.78, 5) is 25.7. The Morgan fingerprint density at radius 3 is 2.92 bits per heavy atom. The van der Waals surface area contributed by atoms with Crippen LogP contribution in [0.4, 0.5) is 0 Å². The highest BCUT2D eigenvalue weighted by molar-refractivity contribution is 6.42. The highest BCUT2D eigenvalue weighted by atomic mass is 35.5. The number of hydrogen-bond acceptors (Lipinski definition) is 5. The monoisotopic (exact) mass is 396 g/mol. The van der Waals surface area contributed by atoms with E-state index in [1.165, 1.54) is 7.11 Å². The average Bonchev–Trinajstić information content (AvgIpc) is 3.31. The van der Waals surface area contributed by atoms with E-state index in [2.05, 4.69) is 15.0 Å². The maximum Gasteiger partial charge on any atom is 0.360 e. The molecule has 9 heteroatoms. The van der Waals surface area contributed by atoms with Crippen molar-refractivity contribution in [2.75, 3.05) is 20.2 Å². The molecule has 0 N–H and O–H groups in total. The number of aromatic nitrogens is 3. The number of methoxy groups -OCH3 is 1. The number of nitrogens with zero attached hydrogens (tertiary/aromatic N) is 4. The number of rotatable bonds is 5. The Kier molecular flexibility index (Phi) is 5.78. The third-order valence-electron chi connectivity index (χ3n) is 4.43. The number of halogens is 2. The zero-order chi connectivity index (χ0) is 18.7. The van der Waals surface area contributed by atoms with E-state index in [1.807, 2.05) is 12.1 Å². The summed E-state index contributed by atoms with van der Waals surface area (Å²) in [5.41, 5.74) is 1.02. The van der Waals surface area contributed by atoms with Gasteiger partial charge in [0.2, 0.25) is 5.91 Å². The van der Waals surface area contributed by atoms with Crippen LogP contribution in [-0.2, 0) is 16.0 Å². The van der Waals surface area contributed by atoms with Crippen LogP contribution in [0.15, 0.2) is 24.4 Å². The van der Waals surface area contributed by atoms with Crippen molar-refractivity contribution in [3.8, 4) is 0 Å². The molecule has 2 aromatic rings. The normalized spacial score (nSPS) is 16.7. The Morgan fingerprint density at radius 2 is 2.15 bits per heavy atom. The smallest absolute Gasteiger partial charge is 0.360 e. The second-order valence-electron chi connectivity index (χ2n) is 6.07. The number of benzene rings is 1. The minimum atomic E-state index is -0.527. The van der Waals surface area contributed by atoms with Gasteiger partial charge in [-0.3, -0.25) is 4.79 Å². The van der Waals surface area contributed by atoms with Gasteiger partial charge < -0.3 is 9.64 Å². The molecule has 2 heterocycles. The highest BCUT2D eigenvalue weighted by Crippen LogP contribution is 2.27. The first-order chi connectivity index (χ1) is 12.5. The van der Waals surface area contributed by atoms with Gasteiger partial charge in [-0.05, 0) is 24.5 Å². The van der Waals surface area contributed by atoms with Crippen molar-refractivity contribution in [3.63, 3.8) is 0 Å². The van der Waals surface area contributed by atoms with Crippen molar-refractivity contribution >= 4 is 35.1 Å². The van der Waals surface area contributed by atoms with Crippen LogP contribution in [0.5, 0.6) is 0 Å². The number of ether oxygens (including phenoxy) is 1. The molecule has 0 saturated carbocycles. The van der Waals surface area contributed by atoms with Gasteiger partial charge in [0, 0.05) is 19.5 Å². The van der Waals surface area contributed by atoms with Gasteiger partial charge in [0.1, 0.15) is 0 Å². The largest absolute Gasteiger partial charge is 0.464 e. The molecule has 7 nitrogen and oxygen atoms in total. The van der Waals surface area contributed by atoms with Crippen LogP contribution in [0, 0.1) is 0 Å². The lowest BCUT2D eigenvalue weighted by atomic mass is 10.1. The summed E-state index contributed by atoms with van der Waals surface area (Å²) >= 11 is 12.2. The molecule has 1 fully saturated rings. The summed E-state index contributed by atoms with van der Waals surface area (Å²) in [6.45, 7) is 1.17. The predicted octanol–water partition coefficient (Wildman–Crippen LogP) is 2.78. The van der Waals surface area contributed by atoms with Crippen molar-refractivity contribution in [1.82, 2.24) is 19.9 Å². The summed E-state index contributed by atoms with van der Waals surface area (Å²) in [7, 11) is 1.30. The lowest BCUT2D eigenvalue weighted by Gasteiger charge is -2.16. The van der Waals surface area contributed by atoms with E-state index in [4.69, 9.17) is 23.2 Å². The fraction of sp³-hybridized carbons (Fsp3) is 0.412. The molecule has 1 saturated heterocycles. The summed E-state index contributed by atoms with van der Waals surface area (Å²) < 4.78 is 6.24. The van der Waals surface area contributed by atoms with Gasteiger partial charge in [0.25, 0.3) is 0 Å². The van der Waals surface area contributed by atoms with E-state index in [0.717, 1.165) is 12.0 Å². The zero-order valence-corrected chi connectivity index (χ0v) is 15.7. The highest BCUT2D eigenvalue weighted by Gasteiger charge is 2.28. The number of aryl methyl sites for hydroxylation is 1. The van der Waals surface area contributed by atoms with E-state index < -0.39 is 5.97 Å². The molecule has 0 spiro atoms. The summed E-state index contributed by atoms with van der Waals surface area (Å²) in [6.07, 6.45) is 3.20. The Bertz CT molecular complexity index is 824. The third kappa shape index (κ3) is 3.99. The van der Waals surface area contributed by atoms with Crippen LogP contribution in [0.1, 0.15) is 34.9 Å². The van der Waals surface area contributed by atoms with Gasteiger partial charge in [0.15, 0.2) is 5.69 Å². The molecule has 1 atom stereocenters. The number of amides is 1. The SMILES string of the molecule is COC(=O)c1cn(C2CCN(C(=O)CCc3cccc(Cl)c3Cl)C2)nn1. The van der Waals surface area contributed by atoms with Crippen LogP contribution in [0.2, 0.25) is 10.0 Å². The molecule has 26 heavy (non-hydrogen) atoms. The Hall–Kier alpha value is -2.12. The second-order valence-corrected chi connectivity index (χ2v) is 6.86. The lowest BCUT2D eigenvalue weighted by molar-refractivity contribution is -0.130. The van der Waals surface area contributed by atoms with Crippen LogP contribution in [0.25, 0.3) is 0 Å². The molecular formula is C17H18Cl2N4O3. The first-order valence-electron chi connectivity index (χ1n) is 8.20. The fourth-order valence-electron chi connectivity index (χ4n) is 2.98. The van der Waals surface area contributed by atoms with Crippen LogP contribution >= 0.6 is 23.2 Å². The van der Waals surface area contributed by atoms with Gasteiger partial charge in [-0.25, -0.2) is 9.48 Å². The van der Waals surface area contributed by atoms with E-state index in [1.54, 1.807) is 21.8 Å². The number of carbonyl (C=O) groups is 2. The van der Waals surface area contributed by atoms with Gasteiger partial charge in [-0.1, -0.05) is 40.5 Å². The Labute approximate surface area is 160 Å². The first kappa shape index (κ1) is 18.7. The summed E-state index contributed by atoms with van der Waals surface area (Å²) in [6, 6.07) is 5.42. The van der Waals surface area contributed by atoms with Gasteiger partial charge >= 0.3 is 5.97 Å². The van der Waals surface area contributed by atoms with E-state index in [0.29, 0.717) is 36.0 Å². The van der Waals surface area contributed by atoms with Crippen molar-refractivity contribution in [3.05, 3.63) is 45.7 Å². The van der Waals surface area contributed by atoms with E-state index in [-0.39, 0.29) is 17.6 Å². The molecule has 0 radical (unpaired) electrons. The molecule has 1 aromatic heterocycles. The lowest BCUT2D eigenvalue weighted by Crippen LogP contribution is -2.29. The molecular weight excluding hydrogens is 379 g/mol. The van der Waals surface area contributed by atoms with Gasteiger partial charge in [-0.2, -0.15) is 0 Å². The molecule has 1 aliphatic heterocycles. The fourth-order valence-corrected chi connectivity index (χ4v) is 3.39. The average molecular weight is 397 g/mol. The van der Waals surface area contributed by atoms with E-state index in [9.17, 15) is 9.59 Å². The Morgan fingerprint density at radius 1 is 1.35 bits per heavy atom. The molecule has 1 amide bonds. The zero-order valence-electron chi connectivity index (χ0n) is 14.2. The van der Waals surface area contributed by atoms with Crippen LogP contribution < -0.4 is 0 Å². The maximum atomic E-state index is 12.5. The van der Waals surface area contributed by atoms with Crippen LogP contribution in [0.3, 0.4) is 0 Å². The molecule has 1 aliphatic rings. The topological polar surface area (TPSA) is 77.3 Å². The maximum absolute atomic E-state index is 12.5. The van der Waals surface area contributed by atoms with Crippen molar-refractivity contribution in [2.24, 2.45) is 0 Å². The molecule has 0 aliphatic carbocycles. The number of carbonyl (C=O) groups excluding carboxylic acids is 2. The summed E-state index contributed by atoms with van der Waals surface area (Å²) in [5, 5.41) is 8.77. The molecule has 1 aromatic carbocycles. The second kappa shape index (κ2) is 8.05. The number of esters is 1. The van der Waals surface area contributed by atoms with Gasteiger partial charge in [0.05, 0.1) is 29.4 Å². The molecule has 3 rings (SSSR count).